The van der Waals surface area contributed by atoms with Gasteiger partial charge >= 0.3 is 0 Å². The van der Waals surface area contributed by atoms with Gasteiger partial charge in [0.2, 0.25) is 0 Å². The van der Waals surface area contributed by atoms with Gasteiger partial charge in [0.05, 0.1) is 7.11 Å². The largest absolute Gasteiger partial charge is 0.496 e. The van der Waals surface area contributed by atoms with E-state index in [4.69, 9.17) is 4.74 Å². The van der Waals surface area contributed by atoms with E-state index in [2.05, 4.69) is 37.4 Å². The zero-order valence-electron chi connectivity index (χ0n) is 12.5. The lowest BCUT2D eigenvalue weighted by molar-refractivity contribution is 0.277. The Labute approximate surface area is 117 Å². The van der Waals surface area contributed by atoms with Gasteiger partial charge in [-0.25, -0.2) is 0 Å². The van der Waals surface area contributed by atoms with Crippen LogP contribution in [0.1, 0.15) is 50.2 Å². The van der Waals surface area contributed by atoms with Crippen molar-refractivity contribution in [1.82, 2.24) is 5.32 Å². The summed E-state index contributed by atoms with van der Waals surface area (Å²) in [6, 6.07) is 7.09. The van der Waals surface area contributed by atoms with Crippen molar-refractivity contribution in [2.24, 2.45) is 5.92 Å². The number of aryl methyl sites for hydroxylation is 1. The molecule has 2 heteroatoms. The minimum atomic E-state index is 0.684. The van der Waals surface area contributed by atoms with E-state index in [1.54, 1.807) is 7.11 Å². The Morgan fingerprint density at radius 3 is 2.89 bits per heavy atom. The summed E-state index contributed by atoms with van der Waals surface area (Å²) in [6.45, 7) is 5.37. The Morgan fingerprint density at radius 1 is 1.32 bits per heavy atom. The molecular weight excluding hydrogens is 234 g/mol. The first-order valence-electron chi connectivity index (χ1n) is 7.59. The highest BCUT2D eigenvalue weighted by Crippen LogP contribution is 2.27. The minimum Gasteiger partial charge on any atom is -0.496 e. The van der Waals surface area contributed by atoms with E-state index < -0.39 is 0 Å². The number of rotatable bonds is 5. The summed E-state index contributed by atoms with van der Waals surface area (Å²) in [4.78, 5) is 0. The maximum absolute atomic E-state index is 5.44. The zero-order valence-corrected chi connectivity index (χ0v) is 12.5. The van der Waals surface area contributed by atoms with Crippen LogP contribution in [0.4, 0.5) is 0 Å². The number of methoxy groups -OCH3 is 1. The molecule has 1 aromatic rings. The summed E-state index contributed by atoms with van der Waals surface area (Å²) in [6.07, 6.45) is 6.78. The van der Waals surface area contributed by atoms with Crippen LogP contribution in [0.5, 0.6) is 5.75 Å². The van der Waals surface area contributed by atoms with Crippen LogP contribution in [-0.4, -0.2) is 13.2 Å². The number of benzene rings is 1. The van der Waals surface area contributed by atoms with E-state index in [-0.39, 0.29) is 0 Å². The quantitative estimate of drug-likeness (QED) is 0.863. The third-order valence-electron chi connectivity index (χ3n) is 4.38. The highest BCUT2D eigenvalue weighted by Gasteiger charge is 2.20. The van der Waals surface area contributed by atoms with E-state index in [0.717, 1.165) is 18.2 Å². The lowest BCUT2D eigenvalue weighted by Gasteiger charge is -2.29. The van der Waals surface area contributed by atoms with Crippen LogP contribution < -0.4 is 10.1 Å². The Balaban J connectivity index is 1.92. The van der Waals surface area contributed by atoms with Gasteiger partial charge in [-0.2, -0.15) is 0 Å². The Bertz CT molecular complexity index is 402. The third-order valence-corrected chi connectivity index (χ3v) is 4.38. The first kappa shape index (κ1) is 14.4. The van der Waals surface area contributed by atoms with Gasteiger partial charge in [-0.15, -0.1) is 0 Å². The molecule has 1 aliphatic carbocycles. The molecular formula is C17H27NO. The molecule has 0 spiro atoms. The molecule has 1 aromatic carbocycles. The third kappa shape index (κ3) is 3.97. The van der Waals surface area contributed by atoms with Crippen molar-refractivity contribution in [2.45, 2.75) is 58.5 Å². The number of hydrogen-bond acceptors (Lipinski definition) is 2. The monoisotopic (exact) mass is 261 g/mol. The molecule has 1 aliphatic rings. The fourth-order valence-electron chi connectivity index (χ4n) is 3.15. The highest BCUT2D eigenvalue weighted by atomic mass is 16.5. The predicted molar refractivity (Wildman–Crippen MR) is 80.6 cm³/mol. The van der Waals surface area contributed by atoms with E-state index in [9.17, 15) is 0 Å². The molecule has 1 N–H and O–H groups in total. The standard InChI is InChI=1S/C17H27NO/c1-4-14-6-5-7-16(11-14)18-12-15-10-13(2)8-9-17(15)19-3/h8-10,14,16,18H,4-7,11-12H2,1-3H3. The smallest absolute Gasteiger partial charge is 0.123 e. The van der Waals surface area contributed by atoms with E-state index in [1.165, 1.54) is 43.2 Å². The number of ether oxygens (including phenoxy) is 1. The van der Waals surface area contributed by atoms with Crippen molar-refractivity contribution in [1.29, 1.82) is 0 Å². The SMILES string of the molecule is CCC1CCCC(NCc2cc(C)ccc2OC)C1. The summed E-state index contributed by atoms with van der Waals surface area (Å²) in [5, 5.41) is 3.72. The average molecular weight is 261 g/mol. The molecule has 106 valence electrons. The van der Waals surface area contributed by atoms with Crippen molar-refractivity contribution in [3.8, 4) is 5.75 Å². The van der Waals surface area contributed by atoms with Gasteiger partial charge in [-0.05, 0) is 31.7 Å². The van der Waals surface area contributed by atoms with Crippen molar-refractivity contribution >= 4 is 0 Å². The molecule has 2 rings (SSSR count). The Morgan fingerprint density at radius 2 is 2.16 bits per heavy atom. The summed E-state index contributed by atoms with van der Waals surface area (Å²) >= 11 is 0. The molecule has 2 nitrogen and oxygen atoms in total. The summed E-state index contributed by atoms with van der Waals surface area (Å²) in [5.74, 6) is 1.92. The molecule has 19 heavy (non-hydrogen) atoms. The fraction of sp³-hybridized carbons (Fsp3) is 0.647. The normalized spacial score (nSPS) is 23.3. The van der Waals surface area contributed by atoms with E-state index in [0.29, 0.717) is 6.04 Å². The van der Waals surface area contributed by atoms with Crippen LogP contribution >= 0.6 is 0 Å². The van der Waals surface area contributed by atoms with Crippen molar-refractivity contribution in [3.05, 3.63) is 29.3 Å². The molecule has 2 unspecified atom stereocenters. The zero-order chi connectivity index (χ0) is 13.7. The molecule has 0 aromatic heterocycles. The fourth-order valence-corrected chi connectivity index (χ4v) is 3.15. The summed E-state index contributed by atoms with van der Waals surface area (Å²) in [5.41, 5.74) is 2.58. The Kier molecular flexibility index (Phi) is 5.26. The second-order valence-corrected chi connectivity index (χ2v) is 5.83. The molecule has 0 saturated heterocycles. The summed E-state index contributed by atoms with van der Waals surface area (Å²) < 4.78 is 5.44. The van der Waals surface area contributed by atoms with Crippen LogP contribution in [0, 0.1) is 12.8 Å². The van der Waals surface area contributed by atoms with Gasteiger partial charge < -0.3 is 10.1 Å². The van der Waals surface area contributed by atoms with Crippen LogP contribution in [0.3, 0.4) is 0 Å². The van der Waals surface area contributed by atoms with Crippen molar-refractivity contribution in [2.75, 3.05) is 7.11 Å². The first-order valence-corrected chi connectivity index (χ1v) is 7.59. The van der Waals surface area contributed by atoms with Crippen LogP contribution in [-0.2, 0) is 6.54 Å². The molecule has 0 amide bonds. The molecule has 0 bridgehead atoms. The molecule has 0 radical (unpaired) electrons. The van der Waals surface area contributed by atoms with E-state index >= 15 is 0 Å². The molecule has 0 aliphatic heterocycles. The number of nitrogens with one attached hydrogen (secondary N) is 1. The van der Waals surface area contributed by atoms with Gasteiger partial charge in [0.15, 0.2) is 0 Å². The lowest BCUT2D eigenvalue weighted by Crippen LogP contribution is -2.33. The second kappa shape index (κ2) is 6.95. The minimum absolute atomic E-state index is 0.684. The maximum atomic E-state index is 5.44. The first-order chi connectivity index (χ1) is 9.22. The molecule has 0 heterocycles. The van der Waals surface area contributed by atoms with Crippen molar-refractivity contribution < 1.29 is 4.74 Å². The van der Waals surface area contributed by atoms with Crippen LogP contribution in [0.15, 0.2) is 18.2 Å². The van der Waals surface area contributed by atoms with Gasteiger partial charge in [-0.3, -0.25) is 0 Å². The predicted octanol–water partition coefficient (Wildman–Crippen LogP) is 4.06. The Hall–Kier alpha value is -1.02. The van der Waals surface area contributed by atoms with E-state index in [1.807, 2.05) is 0 Å². The van der Waals surface area contributed by atoms with Crippen LogP contribution in [0.2, 0.25) is 0 Å². The van der Waals surface area contributed by atoms with Gasteiger partial charge in [0.25, 0.3) is 0 Å². The lowest BCUT2D eigenvalue weighted by atomic mass is 9.84. The molecule has 2 atom stereocenters. The maximum Gasteiger partial charge on any atom is 0.123 e. The van der Waals surface area contributed by atoms with Gasteiger partial charge in [0, 0.05) is 18.2 Å². The van der Waals surface area contributed by atoms with Crippen molar-refractivity contribution in [3.63, 3.8) is 0 Å². The van der Waals surface area contributed by atoms with Crippen LogP contribution in [0.25, 0.3) is 0 Å². The second-order valence-electron chi connectivity index (χ2n) is 5.83. The van der Waals surface area contributed by atoms with Gasteiger partial charge in [-0.1, -0.05) is 43.9 Å². The topological polar surface area (TPSA) is 21.3 Å². The highest BCUT2D eigenvalue weighted by molar-refractivity contribution is 5.36. The molecule has 1 fully saturated rings. The summed E-state index contributed by atoms with van der Waals surface area (Å²) in [7, 11) is 1.75. The van der Waals surface area contributed by atoms with Gasteiger partial charge in [0.1, 0.15) is 5.75 Å². The average Bonchev–Trinajstić information content (AvgIpc) is 2.45. The molecule has 1 saturated carbocycles. The number of hydrogen-bond donors (Lipinski definition) is 1.